The Morgan fingerprint density at radius 2 is 1.95 bits per heavy atom. The average Bonchev–Trinajstić information content (AvgIpc) is 3.41. The molecule has 5 atom stereocenters. The molecule has 1 unspecified atom stereocenters. The van der Waals surface area contributed by atoms with Gasteiger partial charge in [0.05, 0.1) is 31.3 Å². The molecular formula is C38H47N7O9S. The molecule has 2 aliphatic heterocycles. The highest BCUT2D eigenvalue weighted by atomic mass is 32.1. The van der Waals surface area contributed by atoms with Crippen LogP contribution in [0.25, 0.3) is 22.4 Å². The van der Waals surface area contributed by atoms with Crippen LogP contribution in [0.4, 0.5) is 9.93 Å². The number of esters is 1. The molecule has 6 rings (SSSR count). The summed E-state index contributed by atoms with van der Waals surface area (Å²) in [4.78, 5) is 81.9. The number of ether oxygens (including phenoxy) is 4. The molecule has 0 radical (unpaired) electrons. The van der Waals surface area contributed by atoms with Gasteiger partial charge in [0.25, 0.3) is 0 Å². The van der Waals surface area contributed by atoms with E-state index in [1.54, 1.807) is 51.3 Å². The highest BCUT2D eigenvalue weighted by Crippen LogP contribution is 2.46. The standard InChI is InChI=1S/C38H47N7O9S/c1-6-52-34(49)38-18-22(38)12-10-8-7-9-11-13-26(43-36(50)54-37(2,3)4)33(48)45-19-24(17-29(45)31(47)44-38)53-32-30(28-20-55-35(42-28)39-21-46)40-25-15-14-23(51-5)16-27(25)41-32/h10,12,14-16,20-22,24,26,29H,6-9,11,13,17-19H2,1-5H3,(H,43,50)(H,44,47)(H,39,42,46)/t22-,24?,26-,29+,38-/m1/s1. The van der Waals surface area contributed by atoms with E-state index in [0.29, 0.717) is 53.3 Å². The van der Waals surface area contributed by atoms with Gasteiger partial charge < -0.3 is 39.8 Å². The van der Waals surface area contributed by atoms with E-state index in [2.05, 4.69) is 20.9 Å². The summed E-state index contributed by atoms with van der Waals surface area (Å²) in [7, 11) is 1.54. The molecule has 3 aromatic rings. The van der Waals surface area contributed by atoms with Crippen LogP contribution < -0.4 is 25.4 Å². The van der Waals surface area contributed by atoms with Crippen LogP contribution >= 0.6 is 11.3 Å². The van der Waals surface area contributed by atoms with Crippen LogP contribution in [-0.4, -0.2) is 99.7 Å². The molecule has 17 heteroatoms. The van der Waals surface area contributed by atoms with Crippen LogP contribution in [0.5, 0.6) is 11.6 Å². The van der Waals surface area contributed by atoms with Gasteiger partial charge in [-0.1, -0.05) is 25.0 Å². The molecule has 1 saturated carbocycles. The fraction of sp³-hybridized carbons (Fsp3) is 0.526. The van der Waals surface area contributed by atoms with E-state index in [-0.39, 0.29) is 37.1 Å². The van der Waals surface area contributed by atoms with Crippen molar-refractivity contribution in [2.24, 2.45) is 5.92 Å². The Kier molecular flexibility index (Phi) is 11.9. The molecule has 1 aliphatic carbocycles. The molecule has 4 heterocycles. The third kappa shape index (κ3) is 9.15. The van der Waals surface area contributed by atoms with Gasteiger partial charge in [0.2, 0.25) is 24.1 Å². The number of methoxy groups -OCH3 is 1. The lowest BCUT2D eigenvalue weighted by Crippen LogP contribution is -2.56. The molecule has 0 bridgehead atoms. The fourth-order valence-electron chi connectivity index (χ4n) is 6.89. The van der Waals surface area contributed by atoms with E-state index in [1.807, 2.05) is 12.2 Å². The van der Waals surface area contributed by atoms with E-state index in [9.17, 15) is 24.0 Å². The highest BCUT2D eigenvalue weighted by Gasteiger charge is 2.62. The summed E-state index contributed by atoms with van der Waals surface area (Å²) in [6.07, 6.45) is 6.70. The second-order valence-corrected chi connectivity index (χ2v) is 15.6. The number of hydrogen-bond donors (Lipinski definition) is 3. The number of benzene rings is 1. The number of nitrogens with one attached hydrogen (secondary N) is 3. The number of amides is 4. The summed E-state index contributed by atoms with van der Waals surface area (Å²) in [5.74, 6) is -1.19. The summed E-state index contributed by atoms with van der Waals surface area (Å²) in [6.45, 7) is 7.00. The third-order valence-corrected chi connectivity index (χ3v) is 10.4. The lowest BCUT2D eigenvalue weighted by molar-refractivity contribution is -0.150. The van der Waals surface area contributed by atoms with E-state index < -0.39 is 53.2 Å². The van der Waals surface area contributed by atoms with Crippen molar-refractivity contribution >= 4 is 57.8 Å². The van der Waals surface area contributed by atoms with E-state index in [1.165, 1.54) is 23.3 Å². The number of rotatable bonds is 9. The monoisotopic (exact) mass is 777 g/mol. The second-order valence-electron chi connectivity index (χ2n) is 14.8. The molecule has 3 N–H and O–H groups in total. The second kappa shape index (κ2) is 16.6. The van der Waals surface area contributed by atoms with Crippen LogP contribution in [-0.2, 0) is 28.7 Å². The van der Waals surface area contributed by atoms with Gasteiger partial charge in [-0.2, -0.15) is 0 Å². The van der Waals surface area contributed by atoms with Crippen LogP contribution in [0.3, 0.4) is 0 Å². The first-order valence-electron chi connectivity index (χ1n) is 18.5. The third-order valence-electron chi connectivity index (χ3n) is 9.62. The zero-order chi connectivity index (χ0) is 39.3. The van der Waals surface area contributed by atoms with Crippen molar-refractivity contribution < 1.29 is 42.9 Å². The summed E-state index contributed by atoms with van der Waals surface area (Å²) in [6, 6.07) is 3.12. The molecule has 294 valence electrons. The topological polar surface area (TPSA) is 200 Å². The smallest absolute Gasteiger partial charge is 0.408 e. The number of aromatic nitrogens is 3. The van der Waals surface area contributed by atoms with Gasteiger partial charge in [-0.3, -0.25) is 14.4 Å². The van der Waals surface area contributed by atoms with Crippen LogP contribution in [0.2, 0.25) is 0 Å². The molecule has 55 heavy (non-hydrogen) atoms. The number of fused-ring (bicyclic) bond motifs is 3. The number of thiazole rings is 1. The summed E-state index contributed by atoms with van der Waals surface area (Å²) in [5.41, 5.74) is -0.399. The zero-order valence-electron chi connectivity index (χ0n) is 31.6. The van der Waals surface area contributed by atoms with Crippen molar-refractivity contribution in [2.75, 3.05) is 25.6 Å². The van der Waals surface area contributed by atoms with E-state index in [4.69, 9.17) is 28.9 Å². The molecule has 2 fully saturated rings. The Balaban J connectivity index is 1.36. The lowest BCUT2D eigenvalue weighted by atomic mass is 10.0. The number of anilines is 1. The molecular weight excluding hydrogens is 731 g/mol. The van der Waals surface area contributed by atoms with Crippen LogP contribution in [0.15, 0.2) is 35.7 Å². The highest BCUT2D eigenvalue weighted by molar-refractivity contribution is 7.14. The van der Waals surface area contributed by atoms with Gasteiger partial charge in [-0.15, -0.1) is 11.3 Å². The van der Waals surface area contributed by atoms with Crippen molar-refractivity contribution in [2.45, 2.75) is 102 Å². The Morgan fingerprint density at radius 3 is 2.69 bits per heavy atom. The number of alkyl carbamates (subject to hydrolysis) is 1. The minimum atomic E-state index is -1.26. The summed E-state index contributed by atoms with van der Waals surface area (Å²) < 4.78 is 22.9. The lowest BCUT2D eigenvalue weighted by Gasteiger charge is -2.30. The first-order valence-corrected chi connectivity index (χ1v) is 19.4. The maximum atomic E-state index is 14.5. The minimum Gasteiger partial charge on any atom is -0.497 e. The van der Waals surface area contributed by atoms with Gasteiger partial charge in [0, 0.05) is 23.8 Å². The zero-order valence-corrected chi connectivity index (χ0v) is 32.4. The Hall–Kier alpha value is -5.32. The van der Waals surface area contributed by atoms with Gasteiger partial charge in [-0.25, -0.2) is 24.5 Å². The van der Waals surface area contributed by atoms with Gasteiger partial charge in [-0.05, 0) is 65.5 Å². The van der Waals surface area contributed by atoms with E-state index >= 15 is 0 Å². The van der Waals surface area contributed by atoms with E-state index in [0.717, 1.165) is 19.3 Å². The van der Waals surface area contributed by atoms with Crippen molar-refractivity contribution in [3.05, 3.63) is 35.7 Å². The summed E-state index contributed by atoms with van der Waals surface area (Å²) in [5, 5.41) is 10.3. The predicted molar refractivity (Wildman–Crippen MR) is 202 cm³/mol. The summed E-state index contributed by atoms with van der Waals surface area (Å²) >= 11 is 1.19. The predicted octanol–water partition coefficient (Wildman–Crippen LogP) is 4.53. The van der Waals surface area contributed by atoms with Crippen LogP contribution in [0.1, 0.15) is 72.6 Å². The van der Waals surface area contributed by atoms with Gasteiger partial charge >= 0.3 is 12.1 Å². The molecule has 0 spiro atoms. The average molecular weight is 778 g/mol. The molecule has 2 aromatic heterocycles. The first-order chi connectivity index (χ1) is 26.3. The number of nitrogens with zero attached hydrogens (tertiary/aromatic N) is 4. The molecule has 4 amide bonds. The van der Waals surface area contributed by atoms with Gasteiger partial charge in [0.1, 0.15) is 40.8 Å². The first kappa shape index (κ1) is 39.4. The molecule has 3 aliphatic rings. The number of carbonyl (C=O) groups excluding carboxylic acids is 5. The van der Waals surface area contributed by atoms with Crippen molar-refractivity contribution in [3.63, 3.8) is 0 Å². The molecule has 16 nitrogen and oxygen atoms in total. The Bertz CT molecular complexity index is 1960. The maximum absolute atomic E-state index is 14.5. The van der Waals surface area contributed by atoms with Crippen molar-refractivity contribution in [1.29, 1.82) is 0 Å². The SMILES string of the molecule is CCOC(=O)[C@@]12C[C@H]1C=CCCCCC[C@@H](NC(=O)OC(C)(C)C)C(=O)N1CC(Oc3nc4cc(OC)ccc4nc3-c3csc(NC=O)n3)C[C@H]1C(=O)N2. The number of allylic oxidation sites excluding steroid dienone is 1. The minimum absolute atomic E-state index is 0.0302. The van der Waals surface area contributed by atoms with Crippen molar-refractivity contribution in [3.8, 4) is 23.0 Å². The largest absolute Gasteiger partial charge is 0.497 e. The molecule has 1 aromatic carbocycles. The maximum Gasteiger partial charge on any atom is 0.408 e. The quantitative estimate of drug-likeness (QED) is 0.156. The Morgan fingerprint density at radius 1 is 1.13 bits per heavy atom. The fourth-order valence-corrected chi connectivity index (χ4v) is 7.55. The van der Waals surface area contributed by atoms with Gasteiger partial charge in [0.15, 0.2) is 10.8 Å². The molecule has 1 saturated heterocycles. The number of carbonyl (C=O) groups is 5. The Labute approximate surface area is 322 Å². The normalized spacial score (nSPS) is 24.3. The van der Waals surface area contributed by atoms with Crippen LogP contribution in [0, 0.1) is 5.92 Å². The number of hydrogen-bond acceptors (Lipinski definition) is 13. The van der Waals surface area contributed by atoms with Crippen molar-refractivity contribution in [1.82, 2.24) is 30.5 Å².